The monoisotopic (exact) mass is 559 g/mol. The largest absolute Gasteiger partial charge is 0.464 e. The molecule has 1 aromatic heterocycles. The van der Waals surface area contributed by atoms with Gasteiger partial charge in [-0.1, -0.05) is 41.9 Å². The molecule has 1 amide bonds. The van der Waals surface area contributed by atoms with Crippen molar-refractivity contribution in [2.45, 2.75) is 24.8 Å². The minimum Gasteiger partial charge on any atom is -0.464 e. The molecule has 0 unspecified atom stereocenters. The van der Waals surface area contributed by atoms with Crippen molar-refractivity contribution in [3.8, 4) is 0 Å². The number of benzene rings is 2. The molecule has 2 aromatic carbocycles. The van der Waals surface area contributed by atoms with Crippen molar-refractivity contribution in [1.82, 2.24) is 14.1 Å². The Bertz CT molecular complexity index is 1280. The van der Waals surface area contributed by atoms with Gasteiger partial charge in [-0.3, -0.25) is 9.69 Å². The van der Waals surface area contributed by atoms with Crippen molar-refractivity contribution in [3.63, 3.8) is 0 Å². The number of ether oxygens (including phenoxy) is 1. The highest BCUT2D eigenvalue weighted by Crippen LogP contribution is 2.20. The van der Waals surface area contributed by atoms with E-state index in [1.54, 1.807) is 17.0 Å². The summed E-state index contributed by atoms with van der Waals surface area (Å²) >= 11 is 6.00. The lowest BCUT2D eigenvalue weighted by molar-refractivity contribution is -0.132. The van der Waals surface area contributed by atoms with E-state index in [0.29, 0.717) is 43.5 Å². The first-order valence-electron chi connectivity index (χ1n) is 12.7. The minimum absolute atomic E-state index is 0.106. The summed E-state index contributed by atoms with van der Waals surface area (Å²) in [7, 11) is -3.94. The molecule has 1 aliphatic rings. The Balaban J connectivity index is 1.54. The molecule has 0 radical (unpaired) electrons. The highest BCUT2D eigenvalue weighted by molar-refractivity contribution is 7.89. The average molecular weight is 560 g/mol. The zero-order chi connectivity index (χ0) is 27.0. The van der Waals surface area contributed by atoms with E-state index in [0.717, 1.165) is 24.4 Å². The van der Waals surface area contributed by atoms with Crippen LogP contribution in [0.1, 0.15) is 17.1 Å². The lowest BCUT2D eigenvalue weighted by Gasteiger charge is -2.31. The maximum atomic E-state index is 13.7. The molecule has 1 saturated heterocycles. The molecule has 2 heterocycles. The first kappa shape index (κ1) is 28.3. The van der Waals surface area contributed by atoms with Crippen LogP contribution in [-0.2, 0) is 32.5 Å². The first-order chi connectivity index (χ1) is 18.3. The topological polar surface area (TPSA) is 83.3 Å². The number of amides is 1. The molecule has 8 nitrogen and oxygen atoms in total. The number of aryl methyl sites for hydroxylation is 1. The lowest BCUT2D eigenvalue weighted by Crippen LogP contribution is -2.47. The van der Waals surface area contributed by atoms with Gasteiger partial charge in [0.05, 0.1) is 31.2 Å². The average Bonchev–Trinajstić information content (AvgIpc) is 3.34. The highest BCUT2D eigenvalue weighted by atomic mass is 35.5. The molecule has 0 saturated carbocycles. The number of morpholine rings is 1. The Morgan fingerprint density at radius 1 is 0.974 bits per heavy atom. The van der Waals surface area contributed by atoms with E-state index in [1.807, 2.05) is 49.4 Å². The van der Waals surface area contributed by atoms with Gasteiger partial charge in [0, 0.05) is 37.7 Å². The fraction of sp³-hybridized carbons (Fsp3) is 0.393. The molecule has 3 aromatic rings. The molecule has 1 fully saturated rings. The Hall–Kier alpha value is -2.69. The number of carbonyl (C=O) groups is 1. The van der Waals surface area contributed by atoms with Crippen LogP contribution < -0.4 is 0 Å². The normalized spacial score (nSPS) is 14.6. The van der Waals surface area contributed by atoms with Crippen LogP contribution in [0, 0.1) is 6.92 Å². The molecule has 0 spiro atoms. The van der Waals surface area contributed by atoms with Crippen molar-refractivity contribution in [1.29, 1.82) is 0 Å². The Morgan fingerprint density at radius 3 is 2.34 bits per heavy atom. The number of sulfonamides is 1. The van der Waals surface area contributed by atoms with E-state index in [4.69, 9.17) is 20.8 Å². The van der Waals surface area contributed by atoms with Crippen LogP contribution in [0.3, 0.4) is 0 Å². The molecule has 0 bridgehead atoms. The quantitative estimate of drug-likeness (QED) is 0.335. The third-order valence-corrected chi connectivity index (χ3v) is 8.65. The third kappa shape index (κ3) is 7.91. The van der Waals surface area contributed by atoms with Crippen molar-refractivity contribution in [2.75, 3.05) is 52.5 Å². The summed E-state index contributed by atoms with van der Waals surface area (Å²) in [6.07, 6.45) is 0.643. The Labute approximate surface area is 229 Å². The van der Waals surface area contributed by atoms with Crippen LogP contribution in [0.25, 0.3) is 0 Å². The number of carbonyl (C=O) groups excluding carboxylic acids is 1. The summed E-state index contributed by atoms with van der Waals surface area (Å²) in [6.45, 7) is 5.63. The lowest BCUT2D eigenvalue weighted by atomic mass is 10.1. The number of furan rings is 1. The summed E-state index contributed by atoms with van der Waals surface area (Å²) < 4.78 is 39.8. The number of nitrogens with zero attached hydrogens (tertiary/aromatic N) is 3. The predicted octanol–water partition coefficient (Wildman–Crippen LogP) is 3.84. The van der Waals surface area contributed by atoms with E-state index < -0.39 is 10.0 Å². The van der Waals surface area contributed by atoms with Gasteiger partial charge in [-0.2, -0.15) is 4.31 Å². The second kappa shape index (κ2) is 13.4. The van der Waals surface area contributed by atoms with Gasteiger partial charge in [0.25, 0.3) is 0 Å². The molecular weight excluding hydrogens is 526 g/mol. The highest BCUT2D eigenvalue weighted by Gasteiger charge is 2.29. The molecular formula is C28H34ClN3O5S. The van der Waals surface area contributed by atoms with E-state index in [1.165, 1.54) is 16.4 Å². The molecule has 1 aliphatic heterocycles. The van der Waals surface area contributed by atoms with Gasteiger partial charge >= 0.3 is 0 Å². The fourth-order valence-electron chi connectivity index (χ4n) is 4.33. The van der Waals surface area contributed by atoms with Crippen molar-refractivity contribution >= 4 is 27.5 Å². The molecule has 0 aliphatic carbocycles. The zero-order valence-electron chi connectivity index (χ0n) is 21.6. The van der Waals surface area contributed by atoms with Crippen LogP contribution in [0.15, 0.2) is 76.0 Å². The number of hydrogen-bond acceptors (Lipinski definition) is 6. The Kier molecular flexibility index (Phi) is 9.98. The van der Waals surface area contributed by atoms with Crippen LogP contribution in [-0.4, -0.2) is 80.9 Å². The SMILES string of the molecule is Cc1ccc(CN(CCc2ccccc2)C(=O)CN(CCN2CCOCC2)S(=O)(=O)c2ccc(Cl)cc2)o1. The summed E-state index contributed by atoms with van der Waals surface area (Å²) in [6, 6.07) is 19.6. The molecule has 4 rings (SSSR count). The van der Waals surface area contributed by atoms with Crippen LogP contribution in [0.4, 0.5) is 0 Å². The van der Waals surface area contributed by atoms with E-state index in [2.05, 4.69) is 4.90 Å². The van der Waals surface area contributed by atoms with Gasteiger partial charge in [0.2, 0.25) is 15.9 Å². The third-order valence-electron chi connectivity index (χ3n) is 6.54. The Morgan fingerprint density at radius 2 is 1.68 bits per heavy atom. The summed E-state index contributed by atoms with van der Waals surface area (Å²) in [5, 5.41) is 0.445. The zero-order valence-corrected chi connectivity index (χ0v) is 23.2. The predicted molar refractivity (Wildman–Crippen MR) is 146 cm³/mol. The fourth-order valence-corrected chi connectivity index (χ4v) is 5.83. The standard InChI is InChI=1S/C28H34ClN3O5S/c1-23-7-10-26(37-23)21-31(14-13-24-5-3-2-4-6-24)28(33)22-32(16-15-30-17-19-36-20-18-30)38(34,35)27-11-8-25(29)9-12-27/h2-12H,13-22H2,1H3. The van der Waals surface area contributed by atoms with Crippen LogP contribution in [0.2, 0.25) is 5.02 Å². The molecule has 0 N–H and O–H groups in total. The molecule has 204 valence electrons. The number of hydrogen-bond donors (Lipinski definition) is 0. The number of halogens is 1. The maximum absolute atomic E-state index is 13.7. The summed E-state index contributed by atoms with van der Waals surface area (Å²) in [5.41, 5.74) is 1.10. The van der Waals surface area contributed by atoms with Gasteiger partial charge < -0.3 is 14.1 Å². The second-order valence-electron chi connectivity index (χ2n) is 9.31. The van der Waals surface area contributed by atoms with Gasteiger partial charge in [0.1, 0.15) is 11.5 Å². The van der Waals surface area contributed by atoms with Gasteiger partial charge in [0.15, 0.2) is 0 Å². The minimum atomic E-state index is -3.94. The van der Waals surface area contributed by atoms with Crippen molar-refractivity contribution in [2.24, 2.45) is 0 Å². The van der Waals surface area contributed by atoms with Gasteiger partial charge in [-0.05, 0) is 55.3 Å². The summed E-state index contributed by atoms with van der Waals surface area (Å²) in [5.74, 6) is 1.13. The summed E-state index contributed by atoms with van der Waals surface area (Å²) in [4.78, 5) is 17.6. The van der Waals surface area contributed by atoms with Gasteiger partial charge in [-0.25, -0.2) is 8.42 Å². The number of rotatable bonds is 12. The smallest absolute Gasteiger partial charge is 0.243 e. The molecule has 0 atom stereocenters. The van der Waals surface area contributed by atoms with Crippen LogP contribution in [0.5, 0.6) is 0 Å². The molecule has 38 heavy (non-hydrogen) atoms. The van der Waals surface area contributed by atoms with Crippen LogP contribution >= 0.6 is 11.6 Å². The van der Waals surface area contributed by atoms with Gasteiger partial charge in [-0.15, -0.1) is 0 Å². The van der Waals surface area contributed by atoms with Crippen molar-refractivity contribution in [3.05, 3.63) is 88.8 Å². The van der Waals surface area contributed by atoms with E-state index in [9.17, 15) is 13.2 Å². The maximum Gasteiger partial charge on any atom is 0.243 e. The van der Waals surface area contributed by atoms with E-state index >= 15 is 0 Å². The van der Waals surface area contributed by atoms with Crippen molar-refractivity contribution < 1.29 is 22.4 Å². The van der Waals surface area contributed by atoms with E-state index in [-0.39, 0.29) is 30.4 Å². The second-order valence-corrected chi connectivity index (χ2v) is 11.7. The molecule has 10 heteroatoms. The first-order valence-corrected chi connectivity index (χ1v) is 14.6.